The lowest BCUT2D eigenvalue weighted by Gasteiger charge is -2.14. The second kappa shape index (κ2) is 5.71. The maximum atomic E-state index is 6.42. The summed E-state index contributed by atoms with van der Waals surface area (Å²) < 4.78 is 5.44. The lowest BCUT2D eigenvalue weighted by molar-refractivity contribution is 0.415. The fourth-order valence-corrected chi connectivity index (χ4v) is 2.46. The largest absolute Gasteiger partial charge is 0.497 e. The molecule has 0 aliphatic heterocycles. The van der Waals surface area contributed by atoms with Crippen LogP contribution in [0.1, 0.15) is 0 Å². The van der Waals surface area contributed by atoms with Gasteiger partial charge in [-0.15, -0.1) is 0 Å². The molecule has 0 heterocycles. The number of nitrogens with two attached hydrogens (primary N) is 1. The zero-order chi connectivity index (χ0) is 14.7. The van der Waals surface area contributed by atoms with Gasteiger partial charge in [0.2, 0.25) is 0 Å². The Morgan fingerprint density at radius 1 is 0.714 bits per heavy atom. The highest BCUT2D eigenvalue weighted by atomic mass is 16.5. The number of ether oxygens (including phenoxy) is 1. The Labute approximate surface area is 124 Å². The molecule has 3 aromatic carbocycles. The summed E-state index contributed by atoms with van der Waals surface area (Å²) in [5.41, 5.74) is 11.4. The summed E-state index contributed by atoms with van der Waals surface area (Å²) in [7, 11) is 1.68. The molecule has 104 valence electrons. The molecule has 0 atom stereocenters. The van der Waals surface area contributed by atoms with Crippen molar-refractivity contribution in [1.82, 2.24) is 0 Å². The van der Waals surface area contributed by atoms with Gasteiger partial charge in [0.15, 0.2) is 0 Å². The molecular formula is C19H17NO. The predicted molar refractivity (Wildman–Crippen MR) is 88.3 cm³/mol. The summed E-state index contributed by atoms with van der Waals surface area (Å²) >= 11 is 0. The molecule has 2 N–H and O–H groups in total. The molecule has 2 nitrogen and oxygen atoms in total. The van der Waals surface area contributed by atoms with Gasteiger partial charge in [-0.3, -0.25) is 0 Å². The van der Waals surface area contributed by atoms with Crippen molar-refractivity contribution in [3.63, 3.8) is 0 Å². The van der Waals surface area contributed by atoms with Crippen LogP contribution >= 0.6 is 0 Å². The minimum atomic E-state index is 0.771. The summed E-state index contributed by atoms with van der Waals surface area (Å²) in [5.74, 6) is 0.807. The van der Waals surface area contributed by atoms with Gasteiger partial charge >= 0.3 is 0 Å². The van der Waals surface area contributed by atoms with Gasteiger partial charge in [0.1, 0.15) is 5.75 Å². The Kier molecular flexibility index (Phi) is 3.61. The van der Waals surface area contributed by atoms with Crippen molar-refractivity contribution in [1.29, 1.82) is 0 Å². The Balaban J connectivity index is 2.23. The van der Waals surface area contributed by atoms with Gasteiger partial charge in [-0.05, 0) is 23.3 Å². The van der Waals surface area contributed by atoms with Gasteiger partial charge in [0.25, 0.3) is 0 Å². The second-order valence-electron chi connectivity index (χ2n) is 4.87. The van der Waals surface area contributed by atoms with E-state index < -0.39 is 0 Å². The molecule has 0 amide bonds. The van der Waals surface area contributed by atoms with E-state index >= 15 is 0 Å². The normalized spacial score (nSPS) is 10.3. The second-order valence-corrected chi connectivity index (χ2v) is 4.87. The van der Waals surface area contributed by atoms with Crippen LogP contribution in [0.15, 0.2) is 72.8 Å². The first-order chi connectivity index (χ1) is 10.3. The summed E-state index contributed by atoms with van der Waals surface area (Å²) in [4.78, 5) is 0. The molecule has 21 heavy (non-hydrogen) atoms. The molecule has 0 aliphatic carbocycles. The number of anilines is 1. The van der Waals surface area contributed by atoms with Crippen LogP contribution in [0.2, 0.25) is 0 Å². The van der Waals surface area contributed by atoms with E-state index in [1.807, 2.05) is 48.5 Å². The van der Waals surface area contributed by atoms with Crippen LogP contribution in [0.25, 0.3) is 22.3 Å². The van der Waals surface area contributed by atoms with Crippen molar-refractivity contribution in [2.45, 2.75) is 0 Å². The summed E-state index contributed by atoms with van der Waals surface area (Å²) in [6, 6.07) is 24.2. The lowest BCUT2D eigenvalue weighted by Crippen LogP contribution is -1.96. The molecule has 0 saturated carbocycles. The number of benzene rings is 3. The zero-order valence-corrected chi connectivity index (χ0v) is 11.9. The topological polar surface area (TPSA) is 35.2 Å². The van der Waals surface area contributed by atoms with E-state index in [4.69, 9.17) is 10.5 Å². The molecule has 3 rings (SSSR count). The van der Waals surface area contributed by atoms with E-state index in [0.717, 1.165) is 33.7 Å². The fraction of sp³-hybridized carbons (Fsp3) is 0.0526. The molecule has 3 aromatic rings. The number of hydrogen-bond acceptors (Lipinski definition) is 2. The smallest absolute Gasteiger partial charge is 0.120 e. The van der Waals surface area contributed by atoms with Crippen molar-refractivity contribution >= 4 is 5.69 Å². The highest BCUT2D eigenvalue weighted by molar-refractivity contribution is 5.90. The van der Waals surface area contributed by atoms with E-state index in [-0.39, 0.29) is 0 Å². The van der Waals surface area contributed by atoms with Crippen LogP contribution in [0, 0.1) is 0 Å². The van der Waals surface area contributed by atoms with E-state index in [9.17, 15) is 0 Å². The molecular weight excluding hydrogens is 258 g/mol. The summed E-state index contributed by atoms with van der Waals surface area (Å²) in [6.07, 6.45) is 0. The standard InChI is InChI=1S/C19H17NO/c1-21-16-12-17(14-8-4-2-5-9-14)19(20)18(13-16)15-10-6-3-7-11-15/h2-13H,20H2,1H3. The Bertz CT molecular complexity index is 676. The van der Waals surface area contributed by atoms with Gasteiger partial charge in [0, 0.05) is 16.8 Å². The first kappa shape index (κ1) is 13.3. The molecule has 0 spiro atoms. The minimum absolute atomic E-state index is 0.771. The number of hydrogen-bond donors (Lipinski definition) is 1. The first-order valence-corrected chi connectivity index (χ1v) is 6.88. The molecule has 0 radical (unpaired) electrons. The highest BCUT2D eigenvalue weighted by Crippen LogP contribution is 2.38. The van der Waals surface area contributed by atoms with Gasteiger partial charge in [0.05, 0.1) is 7.11 Å². The van der Waals surface area contributed by atoms with Crippen molar-refractivity contribution < 1.29 is 4.74 Å². The average molecular weight is 275 g/mol. The van der Waals surface area contributed by atoms with E-state index in [2.05, 4.69) is 24.3 Å². The maximum Gasteiger partial charge on any atom is 0.120 e. The van der Waals surface area contributed by atoms with Crippen molar-refractivity contribution in [3.05, 3.63) is 72.8 Å². The number of rotatable bonds is 3. The van der Waals surface area contributed by atoms with E-state index in [0.29, 0.717) is 0 Å². The predicted octanol–water partition coefficient (Wildman–Crippen LogP) is 4.61. The molecule has 0 saturated heterocycles. The van der Waals surface area contributed by atoms with Crippen molar-refractivity contribution in [2.75, 3.05) is 12.8 Å². The van der Waals surface area contributed by atoms with Crippen molar-refractivity contribution in [3.8, 4) is 28.0 Å². The van der Waals surface area contributed by atoms with Crippen molar-refractivity contribution in [2.24, 2.45) is 0 Å². The third-order valence-corrected chi connectivity index (χ3v) is 3.56. The Morgan fingerprint density at radius 2 is 1.14 bits per heavy atom. The monoisotopic (exact) mass is 275 g/mol. The zero-order valence-electron chi connectivity index (χ0n) is 11.9. The van der Waals surface area contributed by atoms with Gasteiger partial charge in [-0.1, -0.05) is 60.7 Å². The van der Waals surface area contributed by atoms with Gasteiger partial charge in [-0.2, -0.15) is 0 Å². The van der Waals surface area contributed by atoms with Crippen LogP contribution in [0.3, 0.4) is 0 Å². The molecule has 0 unspecified atom stereocenters. The minimum Gasteiger partial charge on any atom is -0.497 e. The van der Waals surface area contributed by atoms with Crippen LogP contribution in [0.4, 0.5) is 5.69 Å². The fourth-order valence-electron chi connectivity index (χ4n) is 2.46. The van der Waals surface area contributed by atoms with E-state index in [1.165, 1.54) is 0 Å². The highest BCUT2D eigenvalue weighted by Gasteiger charge is 2.11. The molecule has 0 aromatic heterocycles. The Hall–Kier alpha value is -2.74. The van der Waals surface area contributed by atoms with Crippen LogP contribution in [-0.4, -0.2) is 7.11 Å². The van der Waals surface area contributed by atoms with Gasteiger partial charge < -0.3 is 10.5 Å². The van der Waals surface area contributed by atoms with Gasteiger partial charge in [-0.25, -0.2) is 0 Å². The number of nitrogen functional groups attached to an aromatic ring is 1. The SMILES string of the molecule is COc1cc(-c2ccccc2)c(N)c(-c2ccccc2)c1. The third-order valence-electron chi connectivity index (χ3n) is 3.56. The maximum absolute atomic E-state index is 6.42. The van der Waals surface area contributed by atoms with Crippen LogP contribution in [-0.2, 0) is 0 Å². The molecule has 0 aliphatic rings. The van der Waals surface area contributed by atoms with Crippen LogP contribution < -0.4 is 10.5 Å². The molecule has 0 bridgehead atoms. The summed E-state index contributed by atoms with van der Waals surface area (Å²) in [6.45, 7) is 0. The quantitative estimate of drug-likeness (QED) is 0.708. The lowest BCUT2D eigenvalue weighted by atomic mass is 9.96. The van der Waals surface area contributed by atoms with Crippen LogP contribution in [0.5, 0.6) is 5.75 Å². The Morgan fingerprint density at radius 3 is 1.52 bits per heavy atom. The van der Waals surface area contributed by atoms with E-state index in [1.54, 1.807) is 7.11 Å². The first-order valence-electron chi connectivity index (χ1n) is 6.88. The molecule has 2 heteroatoms. The third kappa shape index (κ3) is 2.61. The average Bonchev–Trinajstić information content (AvgIpc) is 2.57. The number of methoxy groups -OCH3 is 1. The molecule has 0 fully saturated rings. The summed E-state index contributed by atoms with van der Waals surface area (Å²) in [5, 5.41) is 0.